The van der Waals surface area contributed by atoms with Crippen molar-refractivity contribution >= 4 is 23.7 Å². The summed E-state index contributed by atoms with van der Waals surface area (Å²) in [5, 5.41) is 0. The number of carbonyl (C=O) groups excluding carboxylic acids is 2. The molecule has 3 nitrogen and oxygen atoms in total. The first kappa shape index (κ1) is 9.86. The molecular weight excluding hydrogens is 190 g/mol. The van der Waals surface area contributed by atoms with E-state index in [2.05, 4.69) is 4.98 Å². The third-order valence-corrected chi connectivity index (χ3v) is 1.85. The van der Waals surface area contributed by atoms with Gasteiger partial charge in [-0.3, -0.25) is 9.59 Å². The molecule has 0 bridgehead atoms. The number of aldehydes is 1. The first-order chi connectivity index (χ1) is 6.17. The van der Waals surface area contributed by atoms with Crippen molar-refractivity contribution in [3.8, 4) is 0 Å². The number of carbonyl (C=O) groups is 2. The maximum absolute atomic E-state index is 11.0. The summed E-state index contributed by atoms with van der Waals surface area (Å²) < 4.78 is 0. The van der Waals surface area contributed by atoms with E-state index >= 15 is 0 Å². The average molecular weight is 198 g/mol. The first-order valence-corrected chi connectivity index (χ1v) is 4.24. The zero-order chi connectivity index (χ0) is 9.84. The highest BCUT2D eigenvalue weighted by atomic mass is 35.5. The van der Waals surface area contributed by atoms with Crippen LogP contribution in [-0.4, -0.2) is 17.1 Å². The predicted octanol–water partition coefficient (Wildman–Crippen LogP) is 1.84. The van der Waals surface area contributed by atoms with E-state index in [0.29, 0.717) is 6.29 Å². The van der Waals surface area contributed by atoms with Gasteiger partial charge < -0.3 is 0 Å². The third-order valence-electron chi connectivity index (χ3n) is 1.54. The number of nitrogens with zero attached hydrogens (tertiary/aromatic N) is 1. The number of Topliss-reactive ketones (excluding diaryl/α,β-unsaturated/α-hetero) is 1. The standard InChI is InChI=1S/C9H8ClNO2/c1-6(13)9-3-7(4-10)2-8(5-12)11-9/h2-3,5H,4H2,1H3. The lowest BCUT2D eigenvalue weighted by Crippen LogP contribution is -2.01. The van der Waals surface area contributed by atoms with Crippen LogP contribution in [0, 0.1) is 0 Å². The van der Waals surface area contributed by atoms with E-state index in [0.717, 1.165) is 5.56 Å². The Morgan fingerprint density at radius 3 is 2.77 bits per heavy atom. The van der Waals surface area contributed by atoms with Gasteiger partial charge in [-0.05, 0) is 17.7 Å². The van der Waals surface area contributed by atoms with Crippen LogP contribution in [0.15, 0.2) is 12.1 Å². The van der Waals surface area contributed by atoms with E-state index in [1.165, 1.54) is 6.92 Å². The Balaban J connectivity index is 3.22. The molecule has 1 rings (SSSR count). The molecule has 4 heteroatoms. The molecule has 0 aliphatic heterocycles. The van der Waals surface area contributed by atoms with Crippen LogP contribution in [0.25, 0.3) is 0 Å². The molecular formula is C9H8ClNO2. The predicted molar refractivity (Wildman–Crippen MR) is 49.2 cm³/mol. The highest BCUT2D eigenvalue weighted by Gasteiger charge is 2.05. The van der Waals surface area contributed by atoms with Gasteiger partial charge in [0.25, 0.3) is 0 Å². The van der Waals surface area contributed by atoms with Gasteiger partial charge in [0.05, 0.1) is 0 Å². The van der Waals surface area contributed by atoms with Crippen molar-refractivity contribution in [2.24, 2.45) is 0 Å². The van der Waals surface area contributed by atoms with Crippen molar-refractivity contribution < 1.29 is 9.59 Å². The molecule has 0 amide bonds. The average Bonchev–Trinajstić information content (AvgIpc) is 2.16. The summed E-state index contributed by atoms with van der Waals surface area (Å²) in [6, 6.07) is 3.15. The van der Waals surface area contributed by atoms with Crippen LogP contribution in [0.3, 0.4) is 0 Å². The second-order valence-corrected chi connectivity index (χ2v) is 2.86. The summed E-state index contributed by atoms with van der Waals surface area (Å²) in [5.41, 5.74) is 1.24. The van der Waals surface area contributed by atoms with E-state index in [9.17, 15) is 9.59 Å². The number of hydrogen-bond acceptors (Lipinski definition) is 3. The Hall–Kier alpha value is -1.22. The zero-order valence-electron chi connectivity index (χ0n) is 7.08. The van der Waals surface area contributed by atoms with E-state index in [-0.39, 0.29) is 23.1 Å². The van der Waals surface area contributed by atoms with E-state index in [1.54, 1.807) is 12.1 Å². The molecule has 0 saturated heterocycles. The van der Waals surface area contributed by atoms with Crippen molar-refractivity contribution in [2.45, 2.75) is 12.8 Å². The lowest BCUT2D eigenvalue weighted by atomic mass is 10.2. The molecule has 68 valence electrons. The van der Waals surface area contributed by atoms with Crippen LogP contribution in [0.2, 0.25) is 0 Å². The molecule has 0 aliphatic rings. The van der Waals surface area contributed by atoms with E-state index in [1.807, 2.05) is 0 Å². The van der Waals surface area contributed by atoms with Crippen molar-refractivity contribution in [2.75, 3.05) is 0 Å². The first-order valence-electron chi connectivity index (χ1n) is 3.70. The molecule has 0 spiro atoms. The van der Waals surface area contributed by atoms with Crippen LogP contribution < -0.4 is 0 Å². The Morgan fingerprint density at radius 2 is 2.31 bits per heavy atom. The lowest BCUT2D eigenvalue weighted by molar-refractivity contribution is 0.101. The fraction of sp³-hybridized carbons (Fsp3) is 0.222. The SMILES string of the molecule is CC(=O)c1cc(CCl)cc(C=O)n1. The molecule has 0 fully saturated rings. The molecule has 0 aliphatic carbocycles. The van der Waals surface area contributed by atoms with E-state index in [4.69, 9.17) is 11.6 Å². The second kappa shape index (κ2) is 4.14. The minimum atomic E-state index is -0.171. The number of aromatic nitrogens is 1. The Kier molecular flexibility index (Phi) is 3.14. The lowest BCUT2D eigenvalue weighted by Gasteiger charge is -2.00. The summed E-state index contributed by atoms with van der Waals surface area (Å²) in [7, 11) is 0. The van der Waals surface area contributed by atoms with Crippen LogP contribution >= 0.6 is 11.6 Å². The molecule has 0 saturated carbocycles. The van der Waals surface area contributed by atoms with Crippen LogP contribution in [0.5, 0.6) is 0 Å². The van der Waals surface area contributed by atoms with Gasteiger partial charge >= 0.3 is 0 Å². The smallest absolute Gasteiger partial charge is 0.178 e. The molecule has 0 N–H and O–H groups in total. The maximum Gasteiger partial charge on any atom is 0.178 e. The van der Waals surface area contributed by atoms with Gasteiger partial charge in [0.15, 0.2) is 12.1 Å². The van der Waals surface area contributed by atoms with Crippen molar-refractivity contribution in [1.29, 1.82) is 0 Å². The van der Waals surface area contributed by atoms with Gasteiger partial charge in [-0.2, -0.15) is 0 Å². The van der Waals surface area contributed by atoms with Gasteiger partial charge in [-0.25, -0.2) is 4.98 Å². The summed E-state index contributed by atoms with van der Waals surface area (Å²) >= 11 is 5.58. The monoisotopic (exact) mass is 197 g/mol. The molecule has 1 aromatic heterocycles. The summed E-state index contributed by atoms with van der Waals surface area (Å²) in [6.07, 6.45) is 0.600. The molecule has 13 heavy (non-hydrogen) atoms. The number of hydrogen-bond donors (Lipinski definition) is 0. The second-order valence-electron chi connectivity index (χ2n) is 2.59. The minimum Gasteiger partial charge on any atom is -0.296 e. The van der Waals surface area contributed by atoms with Gasteiger partial charge in [0.1, 0.15) is 11.4 Å². The number of alkyl halides is 1. The maximum atomic E-state index is 11.0. The minimum absolute atomic E-state index is 0.171. The van der Waals surface area contributed by atoms with Gasteiger partial charge in [-0.1, -0.05) is 0 Å². The number of pyridine rings is 1. The zero-order valence-corrected chi connectivity index (χ0v) is 7.84. The highest BCUT2D eigenvalue weighted by Crippen LogP contribution is 2.08. The third kappa shape index (κ3) is 2.36. The molecule has 1 heterocycles. The Bertz CT molecular complexity index is 349. The fourth-order valence-corrected chi connectivity index (χ4v) is 1.08. The fourth-order valence-electron chi connectivity index (χ4n) is 0.929. The summed E-state index contributed by atoms with van der Waals surface area (Å²) in [4.78, 5) is 25.2. The van der Waals surface area contributed by atoms with Crippen LogP contribution in [0.4, 0.5) is 0 Å². The molecule has 0 aromatic carbocycles. The van der Waals surface area contributed by atoms with Crippen molar-refractivity contribution in [1.82, 2.24) is 4.98 Å². The quantitative estimate of drug-likeness (QED) is 0.422. The summed E-state index contributed by atoms with van der Waals surface area (Å²) in [5.74, 6) is 0.0963. The van der Waals surface area contributed by atoms with Crippen LogP contribution in [-0.2, 0) is 5.88 Å². The van der Waals surface area contributed by atoms with Gasteiger partial charge in [0.2, 0.25) is 0 Å². The Labute approximate surface area is 80.7 Å². The largest absolute Gasteiger partial charge is 0.296 e. The number of rotatable bonds is 3. The number of ketones is 1. The topological polar surface area (TPSA) is 47.0 Å². The van der Waals surface area contributed by atoms with Crippen molar-refractivity contribution in [3.05, 3.63) is 29.1 Å². The highest BCUT2D eigenvalue weighted by molar-refractivity contribution is 6.17. The Morgan fingerprint density at radius 1 is 1.62 bits per heavy atom. The van der Waals surface area contributed by atoms with E-state index < -0.39 is 0 Å². The summed E-state index contributed by atoms with van der Waals surface area (Å²) in [6.45, 7) is 1.40. The molecule has 1 aromatic rings. The number of halogens is 1. The van der Waals surface area contributed by atoms with Crippen LogP contribution in [0.1, 0.15) is 33.5 Å². The normalized spacial score (nSPS) is 9.69. The van der Waals surface area contributed by atoms with Gasteiger partial charge in [-0.15, -0.1) is 11.6 Å². The molecule has 0 radical (unpaired) electrons. The molecule has 0 unspecified atom stereocenters. The van der Waals surface area contributed by atoms with Crippen molar-refractivity contribution in [3.63, 3.8) is 0 Å². The molecule has 0 atom stereocenters. The van der Waals surface area contributed by atoms with Gasteiger partial charge in [0, 0.05) is 12.8 Å².